The molecule has 16 heavy (non-hydrogen) atoms. The van der Waals surface area contributed by atoms with Crippen molar-refractivity contribution < 1.29 is 19.3 Å². The molecule has 0 aliphatic heterocycles. The molecule has 0 aromatic heterocycles. The number of ether oxygens (including phenoxy) is 3. The second kappa shape index (κ2) is 7.22. The summed E-state index contributed by atoms with van der Waals surface area (Å²) in [5.41, 5.74) is 0.982. The molecule has 0 saturated carbocycles. The molecule has 0 heterocycles. The second-order valence-electron chi connectivity index (χ2n) is 3.29. The Balaban J connectivity index is 2.58. The lowest BCUT2D eigenvalue weighted by Gasteiger charge is -2.16. The number of aliphatic hydroxyl groups is 1. The Morgan fingerprint density at radius 3 is 2.50 bits per heavy atom. The van der Waals surface area contributed by atoms with Crippen molar-refractivity contribution in [3.05, 3.63) is 29.8 Å². The summed E-state index contributed by atoms with van der Waals surface area (Å²) in [7, 11) is 3.13. The molecule has 0 saturated heterocycles. The molecule has 4 heteroatoms. The van der Waals surface area contributed by atoms with Crippen LogP contribution in [0.4, 0.5) is 0 Å². The molecule has 1 aromatic carbocycles. The van der Waals surface area contributed by atoms with E-state index in [9.17, 15) is 0 Å². The van der Waals surface area contributed by atoms with Crippen LogP contribution in [0.5, 0.6) is 5.75 Å². The molecule has 0 aliphatic rings. The molecule has 1 rings (SSSR count). The Kier molecular flexibility index (Phi) is 5.85. The van der Waals surface area contributed by atoms with Crippen molar-refractivity contribution in [3.8, 4) is 5.75 Å². The molecular formula is C12H18O4. The maximum Gasteiger partial charge on any atom is 0.191 e. The zero-order valence-electron chi connectivity index (χ0n) is 9.68. The number of benzene rings is 1. The van der Waals surface area contributed by atoms with Gasteiger partial charge < -0.3 is 19.3 Å². The smallest absolute Gasteiger partial charge is 0.191 e. The molecule has 0 bridgehead atoms. The quantitative estimate of drug-likeness (QED) is 0.710. The fourth-order valence-corrected chi connectivity index (χ4v) is 1.36. The van der Waals surface area contributed by atoms with Crippen LogP contribution in [0.25, 0.3) is 0 Å². The van der Waals surface area contributed by atoms with E-state index in [1.165, 1.54) is 0 Å². The fourth-order valence-electron chi connectivity index (χ4n) is 1.36. The molecule has 1 aromatic rings. The minimum Gasteiger partial charge on any atom is -0.488 e. The molecule has 0 atom stereocenters. The van der Waals surface area contributed by atoms with Crippen LogP contribution in [0.1, 0.15) is 5.56 Å². The number of hydrogen-bond donors (Lipinski definition) is 1. The maximum absolute atomic E-state index is 8.91. The summed E-state index contributed by atoms with van der Waals surface area (Å²) in [6.07, 6.45) is 0.211. The van der Waals surface area contributed by atoms with Crippen LogP contribution >= 0.6 is 0 Å². The monoisotopic (exact) mass is 226 g/mol. The molecule has 0 aliphatic carbocycles. The van der Waals surface area contributed by atoms with Crippen LogP contribution in [0.3, 0.4) is 0 Å². The zero-order valence-corrected chi connectivity index (χ0v) is 9.68. The first-order valence-corrected chi connectivity index (χ1v) is 5.19. The largest absolute Gasteiger partial charge is 0.488 e. The van der Waals surface area contributed by atoms with Crippen molar-refractivity contribution in [2.24, 2.45) is 0 Å². The van der Waals surface area contributed by atoms with Gasteiger partial charge in [-0.25, -0.2) is 0 Å². The Morgan fingerprint density at radius 1 is 1.19 bits per heavy atom. The number of aliphatic hydroxyl groups excluding tert-OH is 1. The van der Waals surface area contributed by atoms with Gasteiger partial charge in [-0.3, -0.25) is 0 Å². The van der Waals surface area contributed by atoms with E-state index < -0.39 is 0 Å². The van der Waals surface area contributed by atoms with Gasteiger partial charge in [0, 0.05) is 20.8 Å². The van der Waals surface area contributed by atoms with Crippen molar-refractivity contribution in [2.75, 3.05) is 27.4 Å². The Bertz CT molecular complexity index is 297. The highest BCUT2D eigenvalue weighted by Crippen LogP contribution is 2.18. The fraction of sp³-hybridized carbons (Fsp3) is 0.500. The van der Waals surface area contributed by atoms with Crippen LogP contribution in [0.15, 0.2) is 24.3 Å². The van der Waals surface area contributed by atoms with Gasteiger partial charge in [0.2, 0.25) is 0 Å². The second-order valence-corrected chi connectivity index (χ2v) is 3.29. The van der Waals surface area contributed by atoms with E-state index in [4.69, 9.17) is 19.3 Å². The van der Waals surface area contributed by atoms with Gasteiger partial charge in [-0.05, 0) is 18.1 Å². The van der Waals surface area contributed by atoms with Gasteiger partial charge in [0.25, 0.3) is 0 Å². The van der Waals surface area contributed by atoms with Crippen LogP contribution < -0.4 is 4.74 Å². The van der Waals surface area contributed by atoms with Crippen LogP contribution in [-0.4, -0.2) is 38.8 Å². The predicted octanol–water partition coefficient (Wildman–Crippen LogP) is 1.22. The van der Waals surface area contributed by atoms with E-state index in [-0.39, 0.29) is 12.9 Å². The van der Waals surface area contributed by atoms with Gasteiger partial charge in [0.1, 0.15) is 12.4 Å². The summed E-state index contributed by atoms with van der Waals surface area (Å²) in [5, 5.41) is 8.91. The van der Waals surface area contributed by atoms with Crippen molar-refractivity contribution in [1.82, 2.24) is 0 Å². The van der Waals surface area contributed by atoms with Gasteiger partial charge in [0.15, 0.2) is 6.29 Å². The summed E-state index contributed by atoms with van der Waals surface area (Å²) in [4.78, 5) is 0. The highest BCUT2D eigenvalue weighted by Gasteiger charge is 2.08. The lowest BCUT2D eigenvalue weighted by molar-refractivity contribution is -0.122. The molecule has 0 amide bonds. The normalized spacial score (nSPS) is 10.8. The van der Waals surface area contributed by atoms with Crippen molar-refractivity contribution in [2.45, 2.75) is 12.7 Å². The number of rotatable bonds is 7. The van der Waals surface area contributed by atoms with Gasteiger partial charge in [-0.1, -0.05) is 18.2 Å². The molecular weight excluding hydrogens is 208 g/mol. The first-order valence-electron chi connectivity index (χ1n) is 5.19. The highest BCUT2D eigenvalue weighted by atomic mass is 16.7. The van der Waals surface area contributed by atoms with Gasteiger partial charge in [-0.15, -0.1) is 0 Å². The van der Waals surface area contributed by atoms with Crippen LogP contribution in [0, 0.1) is 0 Å². The summed E-state index contributed by atoms with van der Waals surface area (Å²) in [6.45, 7) is 0.438. The Morgan fingerprint density at radius 2 is 1.88 bits per heavy atom. The molecule has 0 unspecified atom stereocenters. The molecule has 0 fully saturated rings. The number of hydrogen-bond acceptors (Lipinski definition) is 4. The van der Waals surface area contributed by atoms with Crippen molar-refractivity contribution in [1.29, 1.82) is 0 Å². The van der Waals surface area contributed by atoms with E-state index in [2.05, 4.69) is 0 Å². The summed E-state index contributed by atoms with van der Waals surface area (Å²) >= 11 is 0. The average molecular weight is 226 g/mol. The van der Waals surface area contributed by atoms with E-state index in [1.54, 1.807) is 14.2 Å². The maximum atomic E-state index is 8.91. The molecule has 4 nitrogen and oxygen atoms in total. The topological polar surface area (TPSA) is 47.9 Å². The number of para-hydroxylation sites is 1. The average Bonchev–Trinajstić information content (AvgIpc) is 2.33. The van der Waals surface area contributed by atoms with Gasteiger partial charge in [-0.2, -0.15) is 0 Å². The van der Waals surface area contributed by atoms with E-state index >= 15 is 0 Å². The Hall–Kier alpha value is -1.10. The third-order valence-corrected chi connectivity index (χ3v) is 2.25. The molecule has 1 N–H and O–H groups in total. The minimum absolute atomic E-state index is 0.109. The van der Waals surface area contributed by atoms with Crippen LogP contribution in [-0.2, 0) is 15.9 Å². The predicted molar refractivity (Wildman–Crippen MR) is 60.5 cm³/mol. The van der Waals surface area contributed by atoms with E-state index in [0.29, 0.717) is 13.0 Å². The third-order valence-electron chi connectivity index (χ3n) is 2.25. The highest BCUT2D eigenvalue weighted by molar-refractivity contribution is 5.33. The number of methoxy groups -OCH3 is 2. The first-order chi connectivity index (χ1) is 7.81. The zero-order chi connectivity index (χ0) is 11.8. The van der Waals surface area contributed by atoms with E-state index in [1.807, 2.05) is 24.3 Å². The van der Waals surface area contributed by atoms with Gasteiger partial charge >= 0.3 is 0 Å². The third kappa shape index (κ3) is 3.81. The van der Waals surface area contributed by atoms with Gasteiger partial charge in [0.05, 0.1) is 0 Å². The van der Waals surface area contributed by atoms with Crippen molar-refractivity contribution >= 4 is 0 Å². The first kappa shape index (κ1) is 13.0. The minimum atomic E-state index is -0.373. The van der Waals surface area contributed by atoms with Crippen LogP contribution in [0.2, 0.25) is 0 Å². The lowest BCUT2D eigenvalue weighted by Crippen LogP contribution is -2.22. The Labute approximate surface area is 95.8 Å². The van der Waals surface area contributed by atoms with Crippen molar-refractivity contribution in [3.63, 3.8) is 0 Å². The molecule has 0 spiro atoms. The lowest BCUT2D eigenvalue weighted by atomic mass is 10.1. The summed E-state index contributed by atoms with van der Waals surface area (Å²) in [5.74, 6) is 0.760. The SMILES string of the molecule is COC(COc1ccccc1CCO)OC. The van der Waals surface area contributed by atoms with E-state index in [0.717, 1.165) is 11.3 Å². The summed E-state index contributed by atoms with van der Waals surface area (Å²) < 4.78 is 15.6. The molecule has 90 valence electrons. The standard InChI is InChI=1S/C12H18O4/c1-14-12(15-2)9-16-11-6-4-3-5-10(11)7-8-13/h3-6,12-13H,7-9H2,1-2H3. The molecule has 0 radical (unpaired) electrons. The summed E-state index contributed by atoms with van der Waals surface area (Å²) in [6, 6.07) is 7.61.